The molecule has 2 N–H and O–H groups in total. The lowest BCUT2D eigenvalue weighted by molar-refractivity contribution is 0.276. The Hall–Kier alpha value is -0.830. The van der Waals surface area contributed by atoms with Crippen LogP contribution in [0.1, 0.15) is 12.1 Å². The molecule has 0 aliphatic heterocycles. The molecule has 0 bridgehead atoms. The van der Waals surface area contributed by atoms with Gasteiger partial charge in [-0.1, -0.05) is 5.21 Å². The summed E-state index contributed by atoms with van der Waals surface area (Å²) in [5.74, 6) is 0. The van der Waals surface area contributed by atoms with E-state index < -0.39 is 11.4 Å². The molecular formula is C6H11N3O4S. The number of hydrogen-bond acceptors (Lipinski definition) is 5. The molecule has 1 aromatic heterocycles. The maximum atomic E-state index is 10.1. The van der Waals surface area contributed by atoms with Crippen LogP contribution in [0.25, 0.3) is 0 Å². The number of aliphatic hydroxyl groups excluding tert-OH is 1. The zero-order valence-corrected chi connectivity index (χ0v) is 8.18. The van der Waals surface area contributed by atoms with E-state index in [1.54, 1.807) is 6.20 Å². The Labute approximate surface area is 83.2 Å². The van der Waals surface area contributed by atoms with Crippen LogP contribution in [0.4, 0.5) is 0 Å². The number of rotatable bonds is 6. The van der Waals surface area contributed by atoms with Gasteiger partial charge in [0.2, 0.25) is 0 Å². The standard InChI is InChI=1S/C6H11N3O4S/c10-5-6-4-9(8-7-6)2-1-3-13-14(11)12/h4,10H,1-3,5H2,(H,11,12). The van der Waals surface area contributed by atoms with E-state index in [1.165, 1.54) is 4.68 Å². The van der Waals surface area contributed by atoms with Gasteiger partial charge in [-0.2, -0.15) is 4.21 Å². The highest BCUT2D eigenvalue weighted by Gasteiger charge is 1.99. The smallest absolute Gasteiger partial charge is 0.301 e. The minimum atomic E-state index is -2.21. The minimum absolute atomic E-state index is 0.142. The molecule has 1 unspecified atom stereocenters. The van der Waals surface area contributed by atoms with E-state index in [1.807, 2.05) is 0 Å². The lowest BCUT2D eigenvalue weighted by Crippen LogP contribution is -2.04. The van der Waals surface area contributed by atoms with Crippen LogP contribution in [-0.4, -0.2) is 35.5 Å². The third-order valence-electron chi connectivity index (χ3n) is 1.46. The predicted octanol–water partition coefficient (Wildman–Crippen LogP) is -0.686. The van der Waals surface area contributed by atoms with Crippen molar-refractivity contribution >= 4 is 11.4 Å². The molecule has 0 aromatic carbocycles. The van der Waals surface area contributed by atoms with Gasteiger partial charge in [-0.3, -0.25) is 13.4 Å². The molecular weight excluding hydrogens is 210 g/mol. The third-order valence-corrected chi connectivity index (χ3v) is 1.83. The second-order valence-electron chi connectivity index (χ2n) is 2.52. The van der Waals surface area contributed by atoms with Crippen LogP contribution in [0.5, 0.6) is 0 Å². The molecule has 0 aliphatic carbocycles. The van der Waals surface area contributed by atoms with Gasteiger partial charge in [0.25, 0.3) is 0 Å². The molecule has 0 aliphatic rings. The van der Waals surface area contributed by atoms with E-state index in [2.05, 4.69) is 14.5 Å². The fraction of sp³-hybridized carbons (Fsp3) is 0.667. The fourth-order valence-electron chi connectivity index (χ4n) is 0.877. The number of aromatic nitrogens is 3. The Morgan fingerprint density at radius 3 is 3.00 bits per heavy atom. The Balaban J connectivity index is 2.21. The summed E-state index contributed by atoms with van der Waals surface area (Å²) >= 11 is -2.21. The molecule has 1 aromatic rings. The molecule has 1 heterocycles. The average molecular weight is 221 g/mol. The van der Waals surface area contributed by atoms with Gasteiger partial charge in [-0.25, -0.2) is 0 Å². The first-order valence-electron chi connectivity index (χ1n) is 3.96. The van der Waals surface area contributed by atoms with Crippen LogP contribution in [0.3, 0.4) is 0 Å². The summed E-state index contributed by atoms with van der Waals surface area (Å²) in [5.41, 5.74) is 0.497. The number of aliphatic hydroxyl groups is 1. The van der Waals surface area contributed by atoms with Gasteiger partial charge in [0, 0.05) is 6.54 Å². The van der Waals surface area contributed by atoms with Gasteiger partial charge < -0.3 is 5.11 Å². The van der Waals surface area contributed by atoms with Crippen molar-refractivity contribution in [1.82, 2.24) is 15.0 Å². The van der Waals surface area contributed by atoms with E-state index in [4.69, 9.17) is 9.66 Å². The van der Waals surface area contributed by atoms with E-state index in [0.717, 1.165) is 0 Å². The summed E-state index contributed by atoms with van der Waals surface area (Å²) in [6.07, 6.45) is 2.16. The van der Waals surface area contributed by atoms with Crippen molar-refractivity contribution in [3.63, 3.8) is 0 Å². The normalized spacial score (nSPS) is 13.0. The zero-order valence-electron chi connectivity index (χ0n) is 7.37. The molecule has 8 heteroatoms. The molecule has 0 spiro atoms. The summed E-state index contributed by atoms with van der Waals surface area (Å²) in [5, 5.41) is 16.1. The number of aryl methyl sites for hydroxylation is 1. The lowest BCUT2D eigenvalue weighted by atomic mass is 10.4. The molecule has 0 amide bonds. The van der Waals surface area contributed by atoms with Crippen molar-refractivity contribution in [2.45, 2.75) is 19.6 Å². The molecule has 0 saturated heterocycles. The number of nitrogens with zero attached hydrogens (tertiary/aromatic N) is 3. The largest absolute Gasteiger partial charge is 0.390 e. The van der Waals surface area contributed by atoms with Gasteiger partial charge >= 0.3 is 11.4 Å². The zero-order chi connectivity index (χ0) is 10.4. The molecule has 0 saturated carbocycles. The van der Waals surface area contributed by atoms with Crippen LogP contribution < -0.4 is 0 Å². The van der Waals surface area contributed by atoms with E-state index in [0.29, 0.717) is 18.7 Å². The molecule has 1 rings (SSSR count). The van der Waals surface area contributed by atoms with Crippen LogP contribution in [0.15, 0.2) is 6.20 Å². The lowest BCUT2D eigenvalue weighted by Gasteiger charge is -1.98. The Morgan fingerprint density at radius 1 is 1.64 bits per heavy atom. The molecule has 80 valence electrons. The summed E-state index contributed by atoms with van der Waals surface area (Å²) in [6, 6.07) is 0. The molecule has 7 nitrogen and oxygen atoms in total. The van der Waals surface area contributed by atoms with Crippen molar-refractivity contribution in [2.75, 3.05) is 6.61 Å². The maximum Gasteiger partial charge on any atom is 0.301 e. The minimum Gasteiger partial charge on any atom is -0.390 e. The SMILES string of the molecule is O=S(O)OCCCn1cc(CO)nn1. The van der Waals surface area contributed by atoms with Crippen LogP contribution >= 0.6 is 0 Å². The molecule has 0 radical (unpaired) electrons. The number of hydrogen-bond donors (Lipinski definition) is 2. The van der Waals surface area contributed by atoms with Crippen molar-refractivity contribution < 1.29 is 18.1 Å². The average Bonchev–Trinajstić information content (AvgIpc) is 2.60. The summed E-state index contributed by atoms with van der Waals surface area (Å²) in [7, 11) is 0. The Kier molecular flexibility index (Phi) is 4.66. The second-order valence-corrected chi connectivity index (χ2v) is 3.19. The van der Waals surface area contributed by atoms with Crippen molar-refractivity contribution in [2.24, 2.45) is 0 Å². The highest BCUT2D eigenvalue weighted by molar-refractivity contribution is 7.74. The van der Waals surface area contributed by atoms with Crippen molar-refractivity contribution in [3.8, 4) is 0 Å². The van der Waals surface area contributed by atoms with Crippen molar-refractivity contribution in [1.29, 1.82) is 0 Å². The van der Waals surface area contributed by atoms with Gasteiger partial charge in [0.15, 0.2) is 0 Å². The van der Waals surface area contributed by atoms with Crippen LogP contribution in [-0.2, 0) is 28.7 Å². The first-order chi connectivity index (χ1) is 6.72. The van der Waals surface area contributed by atoms with Gasteiger partial charge in [0.1, 0.15) is 5.69 Å². The highest BCUT2D eigenvalue weighted by atomic mass is 32.2. The summed E-state index contributed by atoms with van der Waals surface area (Å²) in [4.78, 5) is 0. The van der Waals surface area contributed by atoms with E-state index in [-0.39, 0.29) is 13.2 Å². The topological polar surface area (TPSA) is 97.5 Å². The van der Waals surface area contributed by atoms with Crippen molar-refractivity contribution in [3.05, 3.63) is 11.9 Å². The fourth-order valence-corrected chi connectivity index (χ4v) is 1.14. The van der Waals surface area contributed by atoms with E-state index in [9.17, 15) is 4.21 Å². The van der Waals surface area contributed by atoms with Gasteiger partial charge in [-0.05, 0) is 6.42 Å². The van der Waals surface area contributed by atoms with Crippen LogP contribution in [0, 0.1) is 0 Å². The molecule has 1 atom stereocenters. The second kappa shape index (κ2) is 5.81. The first kappa shape index (κ1) is 11.2. The summed E-state index contributed by atoms with van der Waals surface area (Å²) in [6.45, 7) is 0.568. The molecule has 0 fully saturated rings. The van der Waals surface area contributed by atoms with Gasteiger partial charge in [-0.15, -0.1) is 5.10 Å². The maximum absolute atomic E-state index is 10.1. The third kappa shape index (κ3) is 3.92. The molecule has 14 heavy (non-hydrogen) atoms. The van der Waals surface area contributed by atoms with E-state index >= 15 is 0 Å². The first-order valence-corrected chi connectivity index (χ1v) is 4.99. The predicted molar refractivity (Wildman–Crippen MR) is 47.3 cm³/mol. The Morgan fingerprint density at radius 2 is 2.43 bits per heavy atom. The monoisotopic (exact) mass is 221 g/mol. The highest BCUT2D eigenvalue weighted by Crippen LogP contribution is 1.95. The van der Waals surface area contributed by atoms with Crippen LogP contribution in [0.2, 0.25) is 0 Å². The summed E-state index contributed by atoms with van der Waals surface area (Å²) < 4.78 is 24.3. The quantitative estimate of drug-likeness (QED) is 0.487. The Bertz CT molecular complexity index is 303. The van der Waals surface area contributed by atoms with Gasteiger partial charge in [0.05, 0.1) is 19.4 Å².